The van der Waals surface area contributed by atoms with Crippen LogP contribution < -0.4 is 10.1 Å². The topological polar surface area (TPSA) is 56.2 Å². The third kappa shape index (κ3) is 3.94. The maximum atomic E-state index is 12.2. The third-order valence-electron chi connectivity index (χ3n) is 4.35. The summed E-state index contributed by atoms with van der Waals surface area (Å²) in [6.45, 7) is 6.01. The molecule has 5 heteroatoms. The molecule has 3 aromatic rings. The van der Waals surface area contributed by atoms with E-state index in [-0.39, 0.29) is 18.6 Å². The minimum atomic E-state index is -0.163. The summed E-state index contributed by atoms with van der Waals surface area (Å²) < 4.78 is 7.40. The number of rotatable bonds is 6. The first-order chi connectivity index (χ1) is 12.6. The number of aryl methyl sites for hydroxylation is 1. The van der Waals surface area contributed by atoms with Crippen molar-refractivity contribution in [3.8, 4) is 11.4 Å². The Bertz CT molecular complexity index is 887. The lowest BCUT2D eigenvalue weighted by Gasteiger charge is -2.15. The van der Waals surface area contributed by atoms with Gasteiger partial charge in [-0.3, -0.25) is 4.79 Å². The summed E-state index contributed by atoms with van der Waals surface area (Å²) in [5.74, 6) is 0.517. The normalized spacial score (nSPS) is 11.8. The van der Waals surface area contributed by atoms with Gasteiger partial charge in [-0.05, 0) is 44.5 Å². The lowest BCUT2D eigenvalue weighted by molar-refractivity contribution is -0.123. The number of nitrogens with one attached hydrogen (secondary N) is 1. The Kier molecular flexibility index (Phi) is 5.37. The van der Waals surface area contributed by atoms with Crippen LogP contribution in [0.5, 0.6) is 5.75 Å². The number of nitrogens with zero attached hydrogens (tertiary/aromatic N) is 2. The summed E-state index contributed by atoms with van der Waals surface area (Å²) in [6.07, 6.45) is 1.81. The number of hydrogen-bond acceptors (Lipinski definition) is 3. The third-order valence-corrected chi connectivity index (χ3v) is 4.35. The van der Waals surface area contributed by atoms with Crippen LogP contribution in [0.3, 0.4) is 0 Å². The molecule has 1 heterocycles. The van der Waals surface area contributed by atoms with Crippen molar-refractivity contribution in [1.29, 1.82) is 0 Å². The number of carbonyl (C=O) groups excluding carboxylic acids is 1. The van der Waals surface area contributed by atoms with Crippen LogP contribution in [-0.4, -0.2) is 22.3 Å². The summed E-state index contributed by atoms with van der Waals surface area (Å²) in [7, 11) is 0. The average molecular weight is 349 g/mol. The van der Waals surface area contributed by atoms with Gasteiger partial charge in [-0.2, -0.15) is 5.10 Å². The molecule has 0 aliphatic carbocycles. The molecular weight excluding hydrogens is 326 g/mol. The molecule has 0 saturated carbocycles. The molecule has 1 unspecified atom stereocenters. The molecular formula is C21H23N3O2. The highest BCUT2D eigenvalue weighted by Crippen LogP contribution is 2.21. The standard InChI is InChI=1S/C21H23N3O2/c1-15-9-7-8-12-20(15)24-17(3)19(13-22-24)16(2)23-21(25)14-26-18-10-5-4-6-11-18/h4-13,16H,14H2,1-3H3,(H,23,25). The molecule has 1 atom stereocenters. The van der Waals surface area contributed by atoms with E-state index in [9.17, 15) is 4.79 Å². The molecule has 5 nitrogen and oxygen atoms in total. The van der Waals surface area contributed by atoms with E-state index >= 15 is 0 Å². The number of hydrogen-bond donors (Lipinski definition) is 1. The molecule has 134 valence electrons. The fourth-order valence-corrected chi connectivity index (χ4v) is 2.92. The number of aromatic nitrogens is 2. The van der Waals surface area contributed by atoms with Gasteiger partial charge in [0, 0.05) is 11.3 Å². The second kappa shape index (κ2) is 7.87. The maximum Gasteiger partial charge on any atom is 0.258 e. The molecule has 0 spiro atoms. The molecule has 1 aromatic heterocycles. The lowest BCUT2D eigenvalue weighted by atomic mass is 10.1. The van der Waals surface area contributed by atoms with E-state index in [0.29, 0.717) is 5.75 Å². The molecule has 1 N–H and O–H groups in total. The highest BCUT2D eigenvalue weighted by Gasteiger charge is 2.17. The monoisotopic (exact) mass is 349 g/mol. The zero-order valence-electron chi connectivity index (χ0n) is 15.3. The van der Waals surface area contributed by atoms with E-state index in [4.69, 9.17) is 4.74 Å². The van der Waals surface area contributed by atoms with Gasteiger partial charge in [-0.25, -0.2) is 4.68 Å². The molecule has 0 saturated heterocycles. The number of amides is 1. The number of para-hydroxylation sites is 2. The van der Waals surface area contributed by atoms with Crippen LogP contribution in [0.2, 0.25) is 0 Å². The van der Waals surface area contributed by atoms with Crippen molar-refractivity contribution in [2.24, 2.45) is 0 Å². The van der Waals surface area contributed by atoms with E-state index in [0.717, 1.165) is 22.5 Å². The van der Waals surface area contributed by atoms with Gasteiger partial charge in [0.05, 0.1) is 17.9 Å². The summed E-state index contributed by atoms with van der Waals surface area (Å²) in [5, 5.41) is 7.47. The fraction of sp³-hybridized carbons (Fsp3) is 0.238. The minimum Gasteiger partial charge on any atom is -0.484 e. The predicted octanol–water partition coefficient (Wildman–Crippen LogP) is 3.75. The number of ether oxygens (including phenoxy) is 1. The Morgan fingerprint density at radius 2 is 1.81 bits per heavy atom. The van der Waals surface area contributed by atoms with Gasteiger partial charge in [0.15, 0.2) is 6.61 Å². The average Bonchev–Trinajstić information content (AvgIpc) is 3.03. The van der Waals surface area contributed by atoms with E-state index in [2.05, 4.69) is 23.4 Å². The van der Waals surface area contributed by atoms with Crippen molar-refractivity contribution in [2.75, 3.05) is 6.61 Å². The van der Waals surface area contributed by atoms with Crippen LogP contribution in [0, 0.1) is 13.8 Å². The quantitative estimate of drug-likeness (QED) is 0.737. The SMILES string of the molecule is Cc1ccccc1-n1ncc(C(C)NC(=O)COc2ccccc2)c1C. The van der Waals surface area contributed by atoms with Crippen molar-refractivity contribution >= 4 is 5.91 Å². The second-order valence-electron chi connectivity index (χ2n) is 6.27. The van der Waals surface area contributed by atoms with Gasteiger partial charge >= 0.3 is 0 Å². The summed E-state index contributed by atoms with van der Waals surface area (Å²) in [5.41, 5.74) is 4.19. The van der Waals surface area contributed by atoms with Gasteiger partial charge < -0.3 is 10.1 Å². The first-order valence-corrected chi connectivity index (χ1v) is 8.64. The van der Waals surface area contributed by atoms with E-state index < -0.39 is 0 Å². The van der Waals surface area contributed by atoms with E-state index in [1.54, 1.807) is 0 Å². The summed E-state index contributed by atoms with van der Waals surface area (Å²) >= 11 is 0. The van der Waals surface area contributed by atoms with Crippen LogP contribution in [0.4, 0.5) is 0 Å². The van der Waals surface area contributed by atoms with Gasteiger partial charge in [0.2, 0.25) is 0 Å². The molecule has 0 bridgehead atoms. The van der Waals surface area contributed by atoms with Crippen LogP contribution in [0.1, 0.15) is 29.8 Å². The lowest BCUT2D eigenvalue weighted by Crippen LogP contribution is -2.31. The van der Waals surface area contributed by atoms with E-state index in [1.807, 2.05) is 73.3 Å². The number of benzene rings is 2. The van der Waals surface area contributed by atoms with Gasteiger partial charge in [0.25, 0.3) is 5.91 Å². The Labute approximate surface area is 153 Å². The Morgan fingerprint density at radius 3 is 2.54 bits per heavy atom. The molecule has 2 aromatic carbocycles. The molecule has 0 radical (unpaired) electrons. The second-order valence-corrected chi connectivity index (χ2v) is 6.27. The molecule has 0 fully saturated rings. The van der Waals surface area contributed by atoms with E-state index in [1.165, 1.54) is 0 Å². The molecule has 0 aliphatic heterocycles. The maximum absolute atomic E-state index is 12.2. The highest BCUT2D eigenvalue weighted by molar-refractivity contribution is 5.78. The van der Waals surface area contributed by atoms with Gasteiger partial charge in [-0.15, -0.1) is 0 Å². The zero-order chi connectivity index (χ0) is 18.5. The Hall–Kier alpha value is -3.08. The van der Waals surface area contributed by atoms with Gasteiger partial charge in [-0.1, -0.05) is 36.4 Å². The molecule has 1 amide bonds. The van der Waals surface area contributed by atoms with Crippen molar-refractivity contribution in [3.05, 3.63) is 77.6 Å². The Morgan fingerprint density at radius 1 is 1.12 bits per heavy atom. The van der Waals surface area contributed by atoms with Crippen molar-refractivity contribution < 1.29 is 9.53 Å². The molecule has 26 heavy (non-hydrogen) atoms. The zero-order valence-corrected chi connectivity index (χ0v) is 15.3. The van der Waals surface area contributed by atoms with Crippen LogP contribution in [-0.2, 0) is 4.79 Å². The van der Waals surface area contributed by atoms with Crippen molar-refractivity contribution in [1.82, 2.24) is 15.1 Å². The fourth-order valence-electron chi connectivity index (χ4n) is 2.92. The van der Waals surface area contributed by atoms with Crippen LogP contribution in [0.25, 0.3) is 5.69 Å². The Balaban J connectivity index is 1.66. The largest absolute Gasteiger partial charge is 0.484 e. The van der Waals surface area contributed by atoms with Crippen LogP contribution >= 0.6 is 0 Å². The molecule has 0 aliphatic rings. The predicted molar refractivity (Wildman–Crippen MR) is 102 cm³/mol. The summed E-state index contributed by atoms with van der Waals surface area (Å²) in [6, 6.07) is 17.3. The first-order valence-electron chi connectivity index (χ1n) is 8.64. The first kappa shape index (κ1) is 17.7. The number of carbonyl (C=O) groups is 1. The molecule has 3 rings (SSSR count). The van der Waals surface area contributed by atoms with Crippen molar-refractivity contribution in [3.63, 3.8) is 0 Å². The van der Waals surface area contributed by atoms with Crippen molar-refractivity contribution in [2.45, 2.75) is 26.8 Å². The smallest absolute Gasteiger partial charge is 0.258 e. The minimum absolute atomic E-state index is 0.0146. The van der Waals surface area contributed by atoms with Crippen LogP contribution in [0.15, 0.2) is 60.8 Å². The highest BCUT2D eigenvalue weighted by atomic mass is 16.5. The summed E-state index contributed by atoms with van der Waals surface area (Å²) in [4.78, 5) is 12.2. The van der Waals surface area contributed by atoms with Gasteiger partial charge in [0.1, 0.15) is 5.75 Å².